The smallest absolute Gasteiger partial charge is 0.333 e. The zero-order valence-corrected chi connectivity index (χ0v) is 4.49. The van der Waals surface area contributed by atoms with Crippen LogP contribution in [0.15, 0.2) is 5.10 Å². The lowest BCUT2D eigenvalue weighted by atomic mass is 10.8. The van der Waals surface area contributed by atoms with Crippen molar-refractivity contribution in [3.8, 4) is 0 Å². The van der Waals surface area contributed by atoms with E-state index in [0.29, 0.717) is 5.90 Å². The Morgan fingerprint density at radius 2 is 2.71 bits per heavy atom. The van der Waals surface area contributed by atoms with Crippen LogP contribution in [0.2, 0.25) is 0 Å². The Balaban J connectivity index is 2.58. The van der Waals surface area contributed by atoms with E-state index >= 15 is 0 Å². The Hall–Kier alpha value is -0.580. The third-order valence-corrected chi connectivity index (χ3v) is 1.11. The predicted octanol–water partition coefficient (Wildman–Crippen LogP) is -0.482. The van der Waals surface area contributed by atoms with Crippen molar-refractivity contribution in [2.75, 3.05) is 0 Å². The van der Waals surface area contributed by atoms with Crippen molar-refractivity contribution in [3.63, 3.8) is 0 Å². The summed E-state index contributed by atoms with van der Waals surface area (Å²) in [5, 5.41) is 3.46. The summed E-state index contributed by atoms with van der Waals surface area (Å²) >= 11 is -1.41. The molecule has 0 aromatic carbocycles. The third kappa shape index (κ3) is 0.894. The van der Waals surface area contributed by atoms with Crippen molar-refractivity contribution in [2.45, 2.75) is 6.92 Å². The molecule has 0 fully saturated rings. The SMILES string of the molecule is CC1=NNS(=O)O1. The van der Waals surface area contributed by atoms with Crippen molar-refractivity contribution >= 4 is 17.2 Å². The highest BCUT2D eigenvalue weighted by atomic mass is 32.2. The maximum absolute atomic E-state index is 10.1. The van der Waals surface area contributed by atoms with E-state index in [1.54, 1.807) is 6.92 Å². The van der Waals surface area contributed by atoms with Gasteiger partial charge in [-0.05, 0) is 0 Å². The molecule has 40 valence electrons. The molecule has 4 nitrogen and oxygen atoms in total. The summed E-state index contributed by atoms with van der Waals surface area (Å²) in [4.78, 5) is 2.21. The fourth-order valence-electron chi connectivity index (χ4n) is 0.248. The zero-order chi connectivity index (χ0) is 5.28. The first-order valence-electron chi connectivity index (χ1n) is 1.69. The summed E-state index contributed by atoms with van der Waals surface area (Å²) in [6.45, 7) is 1.62. The van der Waals surface area contributed by atoms with Crippen LogP contribution in [0, 0.1) is 0 Å². The van der Waals surface area contributed by atoms with Gasteiger partial charge in [-0.3, -0.25) is 0 Å². The Kier molecular flexibility index (Phi) is 0.976. The van der Waals surface area contributed by atoms with Crippen LogP contribution in [-0.4, -0.2) is 10.1 Å². The molecule has 1 N–H and O–H groups in total. The van der Waals surface area contributed by atoms with E-state index < -0.39 is 11.3 Å². The van der Waals surface area contributed by atoms with Crippen molar-refractivity contribution in [1.29, 1.82) is 0 Å². The molecule has 1 atom stereocenters. The van der Waals surface area contributed by atoms with Gasteiger partial charge in [0.2, 0.25) is 5.90 Å². The number of nitrogens with one attached hydrogen (secondary N) is 1. The number of rotatable bonds is 0. The van der Waals surface area contributed by atoms with Gasteiger partial charge in [0, 0.05) is 6.92 Å². The molecule has 0 radical (unpaired) electrons. The molecule has 0 aromatic rings. The van der Waals surface area contributed by atoms with Gasteiger partial charge in [-0.25, -0.2) is 0 Å². The van der Waals surface area contributed by atoms with E-state index in [0.717, 1.165) is 0 Å². The molecule has 0 spiro atoms. The van der Waals surface area contributed by atoms with Crippen molar-refractivity contribution in [2.24, 2.45) is 5.10 Å². The minimum atomic E-state index is -1.41. The zero-order valence-electron chi connectivity index (χ0n) is 3.67. The number of hydrazone groups is 1. The molecule has 0 saturated heterocycles. The van der Waals surface area contributed by atoms with E-state index in [9.17, 15) is 4.21 Å². The first-order chi connectivity index (χ1) is 3.29. The molecule has 1 rings (SSSR count). The molecule has 1 aliphatic rings. The van der Waals surface area contributed by atoms with Crippen LogP contribution in [0.1, 0.15) is 6.92 Å². The van der Waals surface area contributed by atoms with Crippen LogP contribution in [-0.2, 0) is 15.4 Å². The van der Waals surface area contributed by atoms with Gasteiger partial charge < -0.3 is 4.18 Å². The number of nitrogens with zero attached hydrogens (tertiary/aromatic N) is 1. The lowest BCUT2D eigenvalue weighted by Gasteiger charge is -1.83. The fourth-order valence-corrected chi connectivity index (χ4v) is 0.745. The Morgan fingerprint density at radius 3 is 2.86 bits per heavy atom. The minimum Gasteiger partial charge on any atom is -0.367 e. The van der Waals surface area contributed by atoms with Gasteiger partial charge in [0.15, 0.2) is 0 Å². The van der Waals surface area contributed by atoms with E-state index in [4.69, 9.17) is 0 Å². The normalized spacial score (nSPS) is 28.1. The topological polar surface area (TPSA) is 50.7 Å². The van der Waals surface area contributed by atoms with Crippen molar-refractivity contribution in [1.82, 2.24) is 4.83 Å². The van der Waals surface area contributed by atoms with Gasteiger partial charge in [-0.2, -0.15) is 9.04 Å². The lowest BCUT2D eigenvalue weighted by molar-refractivity contribution is 0.568. The summed E-state index contributed by atoms with van der Waals surface area (Å²) < 4.78 is 14.6. The van der Waals surface area contributed by atoms with Crippen LogP contribution >= 0.6 is 0 Å². The molecule has 1 aliphatic heterocycles. The molecule has 1 heterocycles. The molecular weight excluding hydrogens is 116 g/mol. The highest BCUT2D eigenvalue weighted by Crippen LogP contribution is 1.91. The first kappa shape index (κ1) is 4.58. The largest absolute Gasteiger partial charge is 0.367 e. The maximum Gasteiger partial charge on any atom is 0.333 e. The Morgan fingerprint density at radius 1 is 2.00 bits per heavy atom. The Labute approximate surface area is 43.3 Å². The van der Waals surface area contributed by atoms with Gasteiger partial charge in [-0.1, -0.05) is 0 Å². The van der Waals surface area contributed by atoms with Gasteiger partial charge >= 0.3 is 11.3 Å². The van der Waals surface area contributed by atoms with Crippen LogP contribution in [0.25, 0.3) is 0 Å². The van der Waals surface area contributed by atoms with Gasteiger partial charge in [0.1, 0.15) is 0 Å². The summed E-state index contributed by atoms with van der Waals surface area (Å²) in [5.74, 6) is 0.415. The molecule has 1 unspecified atom stereocenters. The second-order valence-corrected chi connectivity index (χ2v) is 1.86. The van der Waals surface area contributed by atoms with E-state index in [-0.39, 0.29) is 0 Å². The minimum absolute atomic E-state index is 0.415. The highest BCUT2D eigenvalue weighted by Gasteiger charge is 2.06. The number of hydrogen-bond acceptors (Lipinski definition) is 3. The van der Waals surface area contributed by atoms with E-state index in [1.165, 1.54) is 0 Å². The van der Waals surface area contributed by atoms with Crippen LogP contribution in [0.4, 0.5) is 0 Å². The standard InChI is InChI=1S/C2H4N2O2S/c1-2-3-4-7(5)6-2/h4H,1H3. The second kappa shape index (κ2) is 1.49. The van der Waals surface area contributed by atoms with Crippen molar-refractivity contribution < 1.29 is 8.39 Å². The van der Waals surface area contributed by atoms with Crippen molar-refractivity contribution in [3.05, 3.63) is 0 Å². The molecule has 7 heavy (non-hydrogen) atoms. The van der Waals surface area contributed by atoms with Crippen LogP contribution in [0.3, 0.4) is 0 Å². The molecule has 5 heteroatoms. The number of hydrogen-bond donors (Lipinski definition) is 1. The van der Waals surface area contributed by atoms with Gasteiger partial charge in [-0.15, -0.1) is 5.10 Å². The third-order valence-electron chi connectivity index (χ3n) is 0.474. The lowest BCUT2D eigenvalue weighted by Crippen LogP contribution is -2.02. The molecule has 0 saturated carbocycles. The second-order valence-electron chi connectivity index (χ2n) is 1.04. The van der Waals surface area contributed by atoms with Crippen LogP contribution < -0.4 is 4.83 Å². The molecule has 0 amide bonds. The van der Waals surface area contributed by atoms with Gasteiger partial charge in [0.25, 0.3) is 0 Å². The first-order valence-corrected chi connectivity index (χ1v) is 2.76. The monoisotopic (exact) mass is 120 g/mol. The van der Waals surface area contributed by atoms with Crippen LogP contribution in [0.5, 0.6) is 0 Å². The van der Waals surface area contributed by atoms with E-state index in [2.05, 4.69) is 14.1 Å². The average molecular weight is 120 g/mol. The fraction of sp³-hybridized carbons (Fsp3) is 0.500. The molecule has 0 aromatic heterocycles. The molecule has 0 bridgehead atoms. The summed E-state index contributed by atoms with van der Waals surface area (Å²) in [5.41, 5.74) is 0. The highest BCUT2D eigenvalue weighted by molar-refractivity contribution is 7.78. The van der Waals surface area contributed by atoms with Gasteiger partial charge in [0.05, 0.1) is 0 Å². The maximum atomic E-state index is 10.1. The molecule has 0 aliphatic carbocycles. The quantitative estimate of drug-likeness (QED) is 0.469. The summed E-state index contributed by atoms with van der Waals surface area (Å²) in [6.07, 6.45) is 0. The Bertz CT molecular complexity index is 132. The summed E-state index contributed by atoms with van der Waals surface area (Å²) in [6, 6.07) is 0. The molecular formula is C2H4N2O2S. The average Bonchev–Trinajstić information content (AvgIpc) is 1.87. The van der Waals surface area contributed by atoms with E-state index in [1.807, 2.05) is 0 Å². The summed E-state index contributed by atoms with van der Waals surface area (Å²) in [7, 11) is 0. The predicted molar refractivity (Wildman–Crippen MR) is 25.5 cm³/mol.